The maximum atomic E-state index is 13.0. The van der Waals surface area contributed by atoms with Gasteiger partial charge in [0.15, 0.2) is 0 Å². The molecule has 242 valence electrons. The van der Waals surface area contributed by atoms with Crippen molar-refractivity contribution in [3.8, 4) is 5.75 Å². The Bertz CT molecular complexity index is 1180. The molecule has 0 bridgehead atoms. The van der Waals surface area contributed by atoms with Gasteiger partial charge < -0.3 is 29.3 Å². The minimum absolute atomic E-state index is 0.220. The Labute approximate surface area is 265 Å². The minimum atomic E-state index is -0.585. The molecule has 8 heteroatoms. The molecular formula is C36H54N4O4. The van der Waals surface area contributed by atoms with Gasteiger partial charge in [-0.05, 0) is 96.1 Å². The van der Waals surface area contributed by atoms with Gasteiger partial charge in [-0.3, -0.25) is 4.99 Å². The van der Waals surface area contributed by atoms with Gasteiger partial charge in [0.1, 0.15) is 23.8 Å². The van der Waals surface area contributed by atoms with E-state index in [4.69, 9.17) is 19.2 Å². The van der Waals surface area contributed by atoms with E-state index in [9.17, 15) is 4.79 Å². The largest absolute Gasteiger partial charge is 0.489 e. The van der Waals surface area contributed by atoms with Gasteiger partial charge in [-0.25, -0.2) is 4.79 Å². The highest BCUT2D eigenvalue weighted by molar-refractivity contribution is 5.92. The maximum absolute atomic E-state index is 13.0. The molecule has 1 aliphatic carbocycles. The van der Waals surface area contributed by atoms with Crippen LogP contribution in [0.3, 0.4) is 0 Å². The van der Waals surface area contributed by atoms with Crippen LogP contribution in [0.15, 0.2) is 59.6 Å². The third kappa shape index (κ3) is 9.96. The van der Waals surface area contributed by atoms with Crippen LogP contribution in [0.2, 0.25) is 0 Å². The number of carbonyl (C=O) groups excluding carboxylic acids is 1. The highest BCUT2D eigenvalue weighted by Crippen LogP contribution is 2.33. The highest BCUT2D eigenvalue weighted by Gasteiger charge is 2.43. The summed E-state index contributed by atoms with van der Waals surface area (Å²) in [6, 6.07) is 18.5. The van der Waals surface area contributed by atoms with Gasteiger partial charge in [0, 0.05) is 19.7 Å². The fourth-order valence-corrected chi connectivity index (χ4v) is 6.26. The average Bonchev–Trinajstić information content (AvgIpc) is 3.38. The number of aliphatic imine (C=N–C) groups is 1. The van der Waals surface area contributed by atoms with Crippen molar-refractivity contribution in [2.24, 2.45) is 4.99 Å². The number of alkyl carbamates (subject to hydrolysis) is 1. The van der Waals surface area contributed by atoms with Crippen LogP contribution in [0, 0.1) is 0 Å². The number of amides is 1. The Hall–Kier alpha value is -3.10. The normalized spacial score (nSPS) is 20.7. The van der Waals surface area contributed by atoms with Gasteiger partial charge in [0.25, 0.3) is 0 Å². The molecule has 1 heterocycles. The standard InChI is InChI=1S/C36H54N4O4/c1-7-39(8-2)22-13-23-42-30-20-21-31-33(25-30)40(9-3)34(37-31)32(38-35(41)44-36(4,5)6)24-27-16-18-29(19-17-27)43-26-28-14-11-10-12-15-28/h10-12,14-19,30-33H,7-9,13,20-26H2,1-6H3,(H,38,41)/t30?,31?,32-,33?/m1/s1. The summed E-state index contributed by atoms with van der Waals surface area (Å²) in [4.78, 5) is 23.1. The summed E-state index contributed by atoms with van der Waals surface area (Å²) in [5.74, 6) is 1.76. The topological polar surface area (TPSA) is 75.6 Å². The predicted octanol–water partition coefficient (Wildman–Crippen LogP) is 6.47. The SMILES string of the molecule is CCN(CC)CCCOC1CCC2N=C([C@@H](Cc3ccc(OCc4ccccc4)cc3)NC(=O)OC(C)(C)C)N(CC)C2C1. The Morgan fingerprint density at radius 3 is 2.41 bits per heavy atom. The van der Waals surface area contributed by atoms with Crippen molar-refractivity contribution in [3.05, 3.63) is 65.7 Å². The molecule has 44 heavy (non-hydrogen) atoms. The van der Waals surface area contributed by atoms with Crippen LogP contribution in [-0.2, 0) is 22.5 Å². The zero-order chi connectivity index (χ0) is 31.5. The Morgan fingerprint density at radius 1 is 1.02 bits per heavy atom. The second-order valence-electron chi connectivity index (χ2n) is 12.9. The highest BCUT2D eigenvalue weighted by atomic mass is 16.6. The molecular weight excluding hydrogens is 552 g/mol. The third-order valence-electron chi connectivity index (χ3n) is 8.55. The lowest BCUT2D eigenvalue weighted by atomic mass is 9.88. The van der Waals surface area contributed by atoms with Crippen molar-refractivity contribution in [1.29, 1.82) is 0 Å². The van der Waals surface area contributed by atoms with Crippen LogP contribution in [-0.4, -0.2) is 84.3 Å². The number of fused-ring (bicyclic) bond motifs is 1. The van der Waals surface area contributed by atoms with Crippen LogP contribution >= 0.6 is 0 Å². The van der Waals surface area contributed by atoms with E-state index in [0.717, 1.165) is 81.2 Å². The quantitative estimate of drug-likeness (QED) is 0.234. The molecule has 1 fully saturated rings. The van der Waals surface area contributed by atoms with Crippen LogP contribution in [0.25, 0.3) is 0 Å². The zero-order valence-electron chi connectivity index (χ0n) is 27.8. The number of nitrogens with one attached hydrogen (secondary N) is 1. The van der Waals surface area contributed by atoms with Crippen LogP contribution < -0.4 is 10.1 Å². The van der Waals surface area contributed by atoms with Gasteiger partial charge in [-0.15, -0.1) is 0 Å². The van der Waals surface area contributed by atoms with Crippen LogP contribution in [0.1, 0.15) is 78.4 Å². The molecule has 2 aliphatic rings. The molecule has 3 unspecified atom stereocenters. The molecule has 0 aromatic heterocycles. The van der Waals surface area contributed by atoms with E-state index in [-0.39, 0.29) is 24.2 Å². The number of hydrogen-bond acceptors (Lipinski definition) is 7. The Balaban J connectivity index is 1.42. The number of amidine groups is 1. The summed E-state index contributed by atoms with van der Waals surface area (Å²) >= 11 is 0. The van der Waals surface area contributed by atoms with E-state index in [1.807, 2.05) is 51.1 Å². The first-order chi connectivity index (χ1) is 21.2. The van der Waals surface area contributed by atoms with Crippen molar-refractivity contribution in [2.75, 3.05) is 32.8 Å². The van der Waals surface area contributed by atoms with E-state index >= 15 is 0 Å². The summed E-state index contributed by atoms with van der Waals surface area (Å²) in [6.07, 6.45) is 4.48. The minimum Gasteiger partial charge on any atom is -0.489 e. The first-order valence-electron chi connectivity index (χ1n) is 16.6. The summed E-state index contributed by atoms with van der Waals surface area (Å²) < 4.78 is 18.1. The Kier molecular flexibility index (Phi) is 12.5. The number of hydrogen-bond donors (Lipinski definition) is 1. The summed E-state index contributed by atoms with van der Waals surface area (Å²) in [5, 5.41) is 3.17. The Morgan fingerprint density at radius 2 is 1.75 bits per heavy atom. The van der Waals surface area contributed by atoms with Gasteiger partial charge in [0.2, 0.25) is 0 Å². The average molecular weight is 607 g/mol. The number of carbonyl (C=O) groups is 1. The van der Waals surface area contributed by atoms with Gasteiger partial charge in [0.05, 0.1) is 24.2 Å². The van der Waals surface area contributed by atoms with Gasteiger partial charge >= 0.3 is 6.09 Å². The molecule has 4 rings (SSSR count). The number of rotatable bonds is 15. The second-order valence-corrected chi connectivity index (χ2v) is 12.9. The molecule has 1 amide bonds. The zero-order valence-corrected chi connectivity index (χ0v) is 27.8. The third-order valence-corrected chi connectivity index (χ3v) is 8.55. The molecule has 1 saturated carbocycles. The maximum Gasteiger partial charge on any atom is 0.408 e. The molecule has 2 aromatic rings. The lowest BCUT2D eigenvalue weighted by Crippen LogP contribution is -2.52. The predicted molar refractivity (Wildman–Crippen MR) is 177 cm³/mol. The van der Waals surface area contributed by atoms with Crippen molar-refractivity contribution >= 4 is 11.9 Å². The molecule has 1 N–H and O–H groups in total. The molecule has 2 aromatic carbocycles. The van der Waals surface area contributed by atoms with E-state index in [1.165, 1.54) is 0 Å². The van der Waals surface area contributed by atoms with E-state index in [1.54, 1.807) is 0 Å². The molecule has 4 atom stereocenters. The molecule has 0 saturated heterocycles. The molecule has 0 radical (unpaired) electrons. The number of ether oxygens (including phenoxy) is 3. The van der Waals surface area contributed by atoms with Crippen molar-refractivity contribution in [3.63, 3.8) is 0 Å². The van der Waals surface area contributed by atoms with Gasteiger partial charge in [-0.2, -0.15) is 0 Å². The van der Waals surface area contributed by atoms with Crippen LogP contribution in [0.4, 0.5) is 4.79 Å². The summed E-state index contributed by atoms with van der Waals surface area (Å²) in [6.45, 7) is 17.7. The van der Waals surface area contributed by atoms with Crippen molar-refractivity contribution in [2.45, 2.75) is 110 Å². The number of likely N-dealkylation sites (N-methyl/N-ethyl adjacent to an activating group) is 1. The van der Waals surface area contributed by atoms with Crippen molar-refractivity contribution in [1.82, 2.24) is 15.1 Å². The van der Waals surface area contributed by atoms with Crippen LogP contribution in [0.5, 0.6) is 5.75 Å². The summed E-state index contributed by atoms with van der Waals surface area (Å²) in [5.41, 5.74) is 1.64. The van der Waals surface area contributed by atoms with E-state index in [2.05, 4.69) is 60.2 Å². The summed E-state index contributed by atoms with van der Waals surface area (Å²) in [7, 11) is 0. The lowest BCUT2D eigenvalue weighted by molar-refractivity contribution is 0.00429. The first-order valence-corrected chi connectivity index (χ1v) is 16.6. The number of benzene rings is 2. The smallest absolute Gasteiger partial charge is 0.408 e. The van der Waals surface area contributed by atoms with E-state index < -0.39 is 11.7 Å². The van der Waals surface area contributed by atoms with Crippen molar-refractivity contribution < 1.29 is 19.0 Å². The first kappa shape index (κ1) is 33.8. The lowest BCUT2D eigenvalue weighted by Gasteiger charge is -2.37. The molecule has 1 aliphatic heterocycles. The fourth-order valence-electron chi connectivity index (χ4n) is 6.26. The second kappa shape index (κ2) is 16.3. The molecule has 0 spiro atoms. The number of nitrogens with zero attached hydrogens (tertiary/aromatic N) is 3. The fraction of sp³-hybridized carbons (Fsp3) is 0.611. The van der Waals surface area contributed by atoms with Gasteiger partial charge in [-0.1, -0.05) is 56.3 Å². The van der Waals surface area contributed by atoms with E-state index in [0.29, 0.717) is 13.0 Å². The molecule has 8 nitrogen and oxygen atoms in total. The monoisotopic (exact) mass is 606 g/mol.